The Balaban J connectivity index is 0.000000299. The summed E-state index contributed by atoms with van der Waals surface area (Å²) >= 11 is 5.54. The minimum absolute atomic E-state index is 0.279. The first-order valence-corrected chi connectivity index (χ1v) is 9.62. The van der Waals surface area contributed by atoms with Gasteiger partial charge in [-0.05, 0) is 50.8 Å². The van der Waals surface area contributed by atoms with Crippen LogP contribution >= 0.6 is 11.6 Å². The topological polar surface area (TPSA) is 47.9 Å². The number of hydrazone groups is 1. The van der Waals surface area contributed by atoms with Gasteiger partial charge in [0.1, 0.15) is 6.17 Å². The molecule has 1 atom stereocenters. The summed E-state index contributed by atoms with van der Waals surface area (Å²) in [4.78, 5) is 2.16. The maximum Gasteiger partial charge on any atom is 0.160 e. The van der Waals surface area contributed by atoms with Gasteiger partial charge in [0, 0.05) is 16.8 Å². The summed E-state index contributed by atoms with van der Waals surface area (Å²) in [6.45, 7) is 9.60. The summed E-state index contributed by atoms with van der Waals surface area (Å²) in [5.74, 6) is 1.55. The molecular formula is C23H30ClN3O. The number of rotatable bonds is 2. The Morgan fingerprint density at radius 1 is 1.21 bits per heavy atom. The second kappa shape index (κ2) is 11.4. The molecule has 5 heteroatoms. The molecule has 2 aliphatic heterocycles. The van der Waals surface area contributed by atoms with E-state index < -0.39 is 5.60 Å². The summed E-state index contributed by atoms with van der Waals surface area (Å²) in [5.41, 5.74) is 3.25. The van der Waals surface area contributed by atoms with Crippen molar-refractivity contribution in [2.45, 2.75) is 44.9 Å². The van der Waals surface area contributed by atoms with E-state index in [-0.39, 0.29) is 6.17 Å². The van der Waals surface area contributed by atoms with Gasteiger partial charge >= 0.3 is 0 Å². The number of halogens is 1. The van der Waals surface area contributed by atoms with Crippen molar-refractivity contribution in [1.29, 1.82) is 0 Å². The van der Waals surface area contributed by atoms with Crippen LogP contribution in [-0.2, 0) is 0 Å². The van der Waals surface area contributed by atoms with Crippen molar-refractivity contribution in [3.8, 4) is 12.8 Å². The number of benzene rings is 1. The number of terminal acetylenes is 1. The highest BCUT2D eigenvalue weighted by Crippen LogP contribution is 2.35. The van der Waals surface area contributed by atoms with Crippen LogP contribution in [0, 0.1) is 18.8 Å². The van der Waals surface area contributed by atoms with Crippen LogP contribution in [-0.4, -0.2) is 27.6 Å². The maximum atomic E-state index is 10.1. The van der Waals surface area contributed by atoms with Crippen LogP contribution in [0.25, 0.3) is 0 Å². The summed E-state index contributed by atoms with van der Waals surface area (Å²) in [5, 5.41) is 15.3. The number of allylic oxidation sites excluding steroid dienone is 2. The van der Waals surface area contributed by atoms with Gasteiger partial charge in [-0.25, -0.2) is 0 Å². The second-order valence-electron chi connectivity index (χ2n) is 6.88. The van der Waals surface area contributed by atoms with Crippen LogP contribution < -0.4 is 5.43 Å². The molecule has 0 amide bonds. The van der Waals surface area contributed by atoms with Crippen LogP contribution in [0.5, 0.6) is 0 Å². The Kier molecular flexibility index (Phi) is 9.58. The lowest BCUT2D eigenvalue weighted by atomic mass is 9.82. The fourth-order valence-corrected chi connectivity index (χ4v) is 3.17. The van der Waals surface area contributed by atoms with Gasteiger partial charge in [0.15, 0.2) is 5.84 Å². The Labute approximate surface area is 174 Å². The largest absolute Gasteiger partial charge is 0.386 e. The van der Waals surface area contributed by atoms with E-state index in [9.17, 15) is 5.11 Å². The van der Waals surface area contributed by atoms with Crippen LogP contribution in [0.1, 0.15) is 33.1 Å². The Bertz CT molecular complexity index is 712. The van der Waals surface area contributed by atoms with Crippen molar-refractivity contribution in [2.75, 3.05) is 0 Å². The molecule has 150 valence electrons. The SMILES string of the molecule is C#C.C=C.CC(C)(O)C1=CC=CN2C1=NNC2C1CCC1.Clc1ccccc1. The highest BCUT2D eigenvalue weighted by atomic mass is 35.5. The molecule has 0 spiro atoms. The van der Waals surface area contributed by atoms with E-state index in [1.807, 2.05) is 42.5 Å². The number of nitrogens with zero attached hydrogens (tertiary/aromatic N) is 2. The quantitative estimate of drug-likeness (QED) is 0.546. The molecule has 1 fully saturated rings. The Hall–Kier alpha value is -2.48. The van der Waals surface area contributed by atoms with Gasteiger partial charge in [-0.1, -0.05) is 42.3 Å². The molecule has 0 saturated heterocycles. The first-order valence-electron chi connectivity index (χ1n) is 9.24. The maximum absolute atomic E-state index is 10.1. The number of hydrogen-bond donors (Lipinski definition) is 2. The summed E-state index contributed by atoms with van der Waals surface area (Å²) in [6.07, 6.45) is 18.1. The normalized spacial score (nSPS) is 19.5. The van der Waals surface area contributed by atoms with Gasteiger partial charge in [-0.2, -0.15) is 5.10 Å². The van der Waals surface area contributed by atoms with E-state index in [1.54, 1.807) is 13.8 Å². The average Bonchev–Trinajstić information content (AvgIpc) is 3.08. The lowest BCUT2D eigenvalue weighted by Crippen LogP contribution is -2.47. The molecule has 4 rings (SSSR count). The molecule has 3 aliphatic rings. The van der Waals surface area contributed by atoms with Crippen molar-refractivity contribution in [3.63, 3.8) is 0 Å². The monoisotopic (exact) mass is 399 g/mol. The number of nitrogens with one attached hydrogen (secondary N) is 1. The predicted octanol–water partition coefficient (Wildman–Crippen LogP) is 4.95. The van der Waals surface area contributed by atoms with E-state index >= 15 is 0 Å². The molecule has 0 radical (unpaired) electrons. The van der Waals surface area contributed by atoms with Crippen LogP contribution in [0.3, 0.4) is 0 Å². The minimum atomic E-state index is -0.849. The lowest BCUT2D eigenvalue weighted by Gasteiger charge is -2.38. The minimum Gasteiger partial charge on any atom is -0.386 e. The highest BCUT2D eigenvalue weighted by Gasteiger charge is 2.40. The van der Waals surface area contributed by atoms with Gasteiger partial charge in [0.25, 0.3) is 0 Å². The fourth-order valence-electron chi connectivity index (χ4n) is 3.03. The first kappa shape index (κ1) is 23.6. The molecule has 1 saturated carbocycles. The fraction of sp³-hybridized carbons (Fsp3) is 0.348. The molecule has 0 bridgehead atoms. The van der Waals surface area contributed by atoms with Crippen LogP contribution in [0.4, 0.5) is 0 Å². The van der Waals surface area contributed by atoms with E-state index in [1.165, 1.54) is 19.3 Å². The van der Waals surface area contributed by atoms with Gasteiger partial charge in [-0.3, -0.25) is 5.43 Å². The third-order valence-corrected chi connectivity index (χ3v) is 4.84. The molecule has 4 nitrogen and oxygen atoms in total. The van der Waals surface area contributed by atoms with E-state index in [0.29, 0.717) is 5.92 Å². The molecule has 2 N–H and O–H groups in total. The van der Waals surface area contributed by atoms with E-state index in [4.69, 9.17) is 11.6 Å². The number of hydrogen-bond acceptors (Lipinski definition) is 4. The number of aliphatic hydroxyl groups is 1. The summed E-state index contributed by atoms with van der Waals surface area (Å²) in [6, 6.07) is 9.44. The molecule has 28 heavy (non-hydrogen) atoms. The van der Waals surface area contributed by atoms with E-state index in [0.717, 1.165) is 16.4 Å². The van der Waals surface area contributed by atoms with Gasteiger partial charge in [0.2, 0.25) is 0 Å². The molecular weight excluding hydrogens is 370 g/mol. The first-order chi connectivity index (χ1) is 13.5. The third kappa shape index (κ3) is 6.02. The molecule has 1 unspecified atom stereocenters. The van der Waals surface area contributed by atoms with Crippen molar-refractivity contribution in [2.24, 2.45) is 11.0 Å². The highest BCUT2D eigenvalue weighted by molar-refractivity contribution is 6.30. The average molecular weight is 400 g/mol. The van der Waals surface area contributed by atoms with Crippen LogP contribution in [0.2, 0.25) is 5.02 Å². The molecule has 1 aromatic carbocycles. The standard InChI is InChI=1S/C13H19N3O.C6H5Cl.C2H4.C2H2/c1-13(2,17)10-7-4-8-16-11(9-5-3-6-9)14-15-12(10)16;7-6-4-2-1-3-5-6;2*1-2/h4,7-9,11,14,17H,3,5-6H2,1-2H3;1-5H;1-2H2;1-2H. The molecule has 0 aromatic heterocycles. The zero-order valence-electron chi connectivity index (χ0n) is 16.7. The molecule has 1 aromatic rings. The predicted molar refractivity (Wildman–Crippen MR) is 120 cm³/mol. The second-order valence-corrected chi connectivity index (χ2v) is 7.32. The smallest absolute Gasteiger partial charge is 0.160 e. The zero-order valence-corrected chi connectivity index (χ0v) is 17.4. The lowest BCUT2D eigenvalue weighted by molar-refractivity contribution is 0.122. The number of amidine groups is 1. The van der Waals surface area contributed by atoms with Crippen molar-refractivity contribution >= 4 is 17.4 Å². The molecule has 2 heterocycles. The van der Waals surface area contributed by atoms with Gasteiger partial charge in [0.05, 0.1) is 5.60 Å². The molecule has 1 aliphatic carbocycles. The Morgan fingerprint density at radius 2 is 1.82 bits per heavy atom. The van der Waals surface area contributed by atoms with Gasteiger partial charge < -0.3 is 10.0 Å². The van der Waals surface area contributed by atoms with Crippen molar-refractivity contribution < 1.29 is 5.11 Å². The van der Waals surface area contributed by atoms with Crippen molar-refractivity contribution in [1.82, 2.24) is 10.3 Å². The summed E-state index contributed by atoms with van der Waals surface area (Å²) < 4.78 is 0. The van der Waals surface area contributed by atoms with Gasteiger partial charge in [-0.15, -0.1) is 26.0 Å². The van der Waals surface area contributed by atoms with Crippen molar-refractivity contribution in [3.05, 3.63) is 72.4 Å². The zero-order chi connectivity index (χ0) is 21.2. The van der Waals surface area contributed by atoms with E-state index in [2.05, 4.69) is 47.6 Å². The van der Waals surface area contributed by atoms with Crippen LogP contribution in [0.15, 0.2) is 72.5 Å². The Morgan fingerprint density at radius 3 is 2.25 bits per heavy atom. The third-order valence-electron chi connectivity index (χ3n) is 4.59. The number of fused-ring (bicyclic) bond motifs is 1. The summed E-state index contributed by atoms with van der Waals surface area (Å²) in [7, 11) is 0.